The Morgan fingerprint density at radius 2 is 1.93 bits per heavy atom. The van der Waals surface area contributed by atoms with Crippen molar-refractivity contribution in [3.05, 3.63) is 0 Å². The van der Waals surface area contributed by atoms with Crippen LogP contribution in [0.4, 0.5) is 4.79 Å². The molecule has 0 atom stereocenters. The van der Waals surface area contributed by atoms with E-state index in [4.69, 9.17) is 10.5 Å². The Kier molecular flexibility index (Phi) is 7.13. The quantitative estimate of drug-likeness (QED) is 0.737. The zero-order valence-electron chi connectivity index (χ0n) is 10.3. The smallest absolute Gasteiger partial charge is 0.409 e. The molecule has 4 heteroatoms. The Balaban J connectivity index is 4.05. The lowest BCUT2D eigenvalue weighted by molar-refractivity contribution is 0.0820. The predicted molar refractivity (Wildman–Crippen MR) is 61.7 cm³/mol. The third kappa shape index (κ3) is 6.33. The van der Waals surface area contributed by atoms with Gasteiger partial charge in [-0.2, -0.15) is 0 Å². The summed E-state index contributed by atoms with van der Waals surface area (Å²) in [6.07, 6.45) is 0.585. The predicted octanol–water partition coefficient (Wildman–Crippen LogP) is 1.84. The molecule has 1 amide bonds. The summed E-state index contributed by atoms with van der Waals surface area (Å²) < 4.78 is 5.17. The maximum Gasteiger partial charge on any atom is 0.409 e. The average molecular weight is 216 g/mol. The number of hydrogen-bond donors (Lipinski definition) is 1. The van der Waals surface area contributed by atoms with Crippen molar-refractivity contribution in [3.8, 4) is 0 Å². The van der Waals surface area contributed by atoms with Crippen LogP contribution in [0.3, 0.4) is 0 Å². The van der Waals surface area contributed by atoms with E-state index >= 15 is 0 Å². The monoisotopic (exact) mass is 216 g/mol. The van der Waals surface area contributed by atoms with Gasteiger partial charge in [0.25, 0.3) is 0 Å². The molecule has 0 aliphatic heterocycles. The lowest BCUT2D eigenvalue weighted by Gasteiger charge is -2.26. The number of hydrogen-bond acceptors (Lipinski definition) is 3. The van der Waals surface area contributed by atoms with Gasteiger partial charge >= 0.3 is 6.09 Å². The van der Waals surface area contributed by atoms with Crippen LogP contribution in [0, 0.1) is 5.92 Å². The van der Waals surface area contributed by atoms with Gasteiger partial charge in [0, 0.05) is 12.6 Å². The summed E-state index contributed by atoms with van der Waals surface area (Å²) in [4.78, 5) is 13.4. The third-order valence-corrected chi connectivity index (χ3v) is 2.00. The van der Waals surface area contributed by atoms with Crippen molar-refractivity contribution in [2.24, 2.45) is 11.7 Å². The Bertz CT molecular complexity index is 181. The molecule has 2 N–H and O–H groups in total. The minimum absolute atomic E-state index is 0.163. The maximum atomic E-state index is 11.7. The highest BCUT2D eigenvalue weighted by Crippen LogP contribution is 2.04. The van der Waals surface area contributed by atoms with Gasteiger partial charge < -0.3 is 15.4 Å². The summed E-state index contributed by atoms with van der Waals surface area (Å²) in [6.45, 7) is 9.75. The number of rotatable bonds is 6. The van der Waals surface area contributed by atoms with E-state index in [1.165, 1.54) is 0 Å². The van der Waals surface area contributed by atoms with Crippen LogP contribution in [0.5, 0.6) is 0 Å². The summed E-state index contributed by atoms with van der Waals surface area (Å²) >= 11 is 0. The lowest BCUT2D eigenvalue weighted by atomic mass is 10.2. The highest BCUT2D eigenvalue weighted by molar-refractivity contribution is 5.67. The number of amides is 1. The summed E-state index contributed by atoms with van der Waals surface area (Å²) in [5.74, 6) is 0.373. The van der Waals surface area contributed by atoms with E-state index in [1.807, 2.05) is 27.7 Å². The van der Waals surface area contributed by atoms with E-state index in [0.29, 0.717) is 25.6 Å². The molecule has 0 spiro atoms. The number of carbonyl (C=O) groups excluding carboxylic acids is 1. The molecule has 0 unspecified atom stereocenters. The number of carbonyl (C=O) groups is 1. The maximum absolute atomic E-state index is 11.7. The molecule has 0 aliphatic rings. The summed E-state index contributed by atoms with van der Waals surface area (Å²) in [7, 11) is 0. The van der Waals surface area contributed by atoms with Crippen molar-refractivity contribution in [2.45, 2.75) is 40.2 Å². The van der Waals surface area contributed by atoms with Gasteiger partial charge in [-0.05, 0) is 32.7 Å². The first-order chi connectivity index (χ1) is 6.99. The van der Waals surface area contributed by atoms with Crippen LogP contribution < -0.4 is 5.73 Å². The van der Waals surface area contributed by atoms with Crippen LogP contribution in [0.1, 0.15) is 34.1 Å². The zero-order chi connectivity index (χ0) is 11.8. The molecule has 0 aliphatic carbocycles. The molecule has 0 aromatic heterocycles. The lowest BCUT2D eigenvalue weighted by Crippen LogP contribution is -2.39. The van der Waals surface area contributed by atoms with Crippen molar-refractivity contribution < 1.29 is 9.53 Å². The summed E-state index contributed by atoms with van der Waals surface area (Å²) in [5, 5.41) is 0. The number of nitrogens with zero attached hydrogens (tertiary/aromatic N) is 1. The molecule has 0 saturated carbocycles. The average Bonchev–Trinajstić information content (AvgIpc) is 2.14. The van der Waals surface area contributed by atoms with E-state index in [-0.39, 0.29) is 12.1 Å². The van der Waals surface area contributed by atoms with Crippen LogP contribution in [0.25, 0.3) is 0 Å². The minimum atomic E-state index is -0.229. The van der Waals surface area contributed by atoms with E-state index in [1.54, 1.807) is 4.90 Å². The molecule has 0 fully saturated rings. The highest BCUT2D eigenvalue weighted by atomic mass is 16.6. The van der Waals surface area contributed by atoms with Gasteiger partial charge in [-0.15, -0.1) is 0 Å². The molecule has 0 radical (unpaired) electrons. The zero-order valence-corrected chi connectivity index (χ0v) is 10.3. The largest absolute Gasteiger partial charge is 0.449 e. The topological polar surface area (TPSA) is 55.6 Å². The molecule has 4 nitrogen and oxygen atoms in total. The van der Waals surface area contributed by atoms with Crippen LogP contribution in [0.2, 0.25) is 0 Å². The molecule has 90 valence electrons. The highest BCUT2D eigenvalue weighted by Gasteiger charge is 2.17. The molecule has 0 rings (SSSR count). The standard InChI is InChI=1S/C11H24N2O2/c1-9(2)8-15-11(14)13(10(3)4)7-5-6-12/h9-10H,5-8,12H2,1-4H3. The van der Waals surface area contributed by atoms with Gasteiger partial charge in [-0.25, -0.2) is 4.79 Å². The van der Waals surface area contributed by atoms with Gasteiger partial charge in [0.2, 0.25) is 0 Å². The molecule has 0 aromatic rings. The fourth-order valence-electron chi connectivity index (χ4n) is 1.14. The van der Waals surface area contributed by atoms with Crippen LogP contribution in [-0.4, -0.2) is 36.7 Å². The summed E-state index contributed by atoms with van der Waals surface area (Å²) in [6, 6.07) is 0.163. The Labute approximate surface area is 92.8 Å². The van der Waals surface area contributed by atoms with E-state index in [2.05, 4.69) is 0 Å². The van der Waals surface area contributed by atoms with Gasteiger partial charge in [-0.3, -0.25) is 0 Å². The molecule has 0 heterocycles. The Hall–Kier alpha value is -0.770. The van der Waals surface area contributed by atoms with Gasteiger partial charge in [0.1, 0.15) is 0 Å². The second kappa shape index (κ2) is 7.51. The first kappa shape index (κ1) is 14.2. The van der Waals surface area contributed by atoms with Crippen molar-refractivity contribution in [1.82, 2.24) is 4.90 Å². The number of nitrogens with two attached hydrogens (primary N) is 1. The Morgan fingerprint density at radius 1 is 1.33 bits per heavy atom. The molecular formula is C11H24N2O2. The van der Waals surface area contributed by atoms with Crippen molar-refractivity contribution in [3.63, 3.8) is 0 Å². The van der Waals surface area contributed by atoms with Gasteiger partial charge in [-0.1, -0.05) is 13.8 Å². The first-order valence-corrected chi connectivity index (χ1v) is 5.62. The van der Waals surface area contributed by atoms with Crippen molar-refractivity contribution in [2.75, 3.05) is 19.7 Å². The second-order valence-corrected chi connectivity index (χ2v) is 4.40. The SMILES string of the molecule is CC(C)COC(=O)N(CCCN)C(C)C. The van der Waals surface area contributed by atoms with E-state index in [0.717, 1.165) is 6.42 Å². The second-order valence-electron chi connectivity index (χ2n) is 4.40. The van der Waals surface area contributed by atoms with Gasteiger partial charge in [0.15, 0.2) is 0 Å². The van der Waals surface area contributed by atoms with Crippen LogP contribution in [-0.2, 0) is 4.74 Å². The molecular weight excluding hydrogens is 192 g/mol. The fourth-order valence-corrected chi connectivity index (χ4v) is 1.14. The van der Waals surface area contributed by atoms with Crippen molar-refractivity contribution in [1.29, 1.82) is 0 Å². The molecule has 0 bridgehead atoms. The van der Waals surface area contributed by atoms with Crippen LogP contribution in [0.15, 0.2) is 0 Å². The number of ether oxygens (including phenoxy) is 1. The van der Waals surface area contributed by atoms with E-state index < -0.39 is 0 Å². The Morgan fingerprint density at radius 3 is 2.33 bits per heavy atom. The van der Waals surface area contributed by atoms with E-state index in [9.17, 15) is 4.79 Å². The third-order valence-electron chi connectivity index (χ3n) is 2.00. The fraction of sp³-hybridized carbons (Fsp3) is 0.909. The van der Waals surface area contributed by atoms with Crippen molar-refractivity contribution >= 4 is 6.09 Å². The molecule has 0 saturated heterocycles. The molecule has 15 heavy (non-hydrogen) atoms. The summed E-state index contributed by atoms with van der Waals surface area (Å²) in [5.41, 5.74) is 5.42. The normalized spacial score (nSPS) is 10.9. The first-order valence-electron chi connectivity index (χ1n) is 5.62. The minimum Gasteiger partial charge on any atom is -0.449 e. The van der Waals surface area contributed by atoms with Crippen LogP contribution >= 0.6 is 0 Å². The van der Waals surface area contributed by atoms with Gasteiger partial charge in [0.05, 0.1) is 6.61 Å². The molecule has 0 aromatic carbocycles.